The zero-order valence-corrected chi connectivity index (χ0v) is 5.74. The van der Waals surface area contributed by atoms with Crippen molar-refractivity contribution < 1.29 is 17.9 Å². The Labute approximate surface area is 61.4 Å². The normalized spacial score (nSPS) is 14.8. The van der Waals surface area contributed by atoms with Crippen molar-refractivity contribution >= 4 is 11.6 Å². The van der Waals surface area contributed by atoms with Crippen molar-refractivity contribution in [2.24, 2.45) is 0 Å². The zero-order chi connectivity index (χ0) is 8.20. The van der Waals surface area contributed by atoms with Gasteiger partial charge in [-0.25, -0.2) is 4.39 Å². The number of rotatable bonds is 4. The maximum absolute atomic E-state index is 12.0. The SMILES string of the molecule is C=CCOC(F)(F)[C@H](F)Cl. The predicted molar refractivity (Wildman–Crippen MR) is 31.8 cm³/mol. The highest BCUT2D eigenvalue weighted by Crippen LogP contribution is 2.25. The van der Waals surface area contributed by atoms with Gasteiger partial charge in [0.2, 0.25) is 0 Å². The molecule has 0 saturated carbocycles. The predicted octanol–water partition coefficient (Wildman–Crippen LogP) is 2.32. The summed E-state index contributed by atoms with van der Waals surface area (Å²) in [5, 5.41) is 0. The summed E-state index contributed by atoms with van der Waals surface area (Å²) in [7, 11) is 0. The van der Waals surface area contributed by atoms with Gasteiger partial charge in [0.15, 0.2) is 0 Å². The highest BCUT2D eigenvalue weighted by atomic mass is 35.5. The number of halogens is 4. The number of ether oxygens (including phenoxy) is 1. The smallest absolute Gasteiger partial charge is 0.313 e. The van der Waals surface area contributed by atoms with E-state index in [-0.39, 0.29) is 0 Å². The minimum atomic E-state index is -3.92. The molecule has 5 heteroatoms. The molecule has 0 spiro atoms. The van der Waals surface area contributed by atoms with Gasteiger partial charge in [0.25, 0.3) is 5.63 Å². The molecule has 0 saturated heterocycles. The molecule has 0 aromatic rings. The minimum Gasteiger partial charge on any atom is -0.313 e. The Morgan fingerprint density at radius 1 is 1.70 bits per heavy atom. The van der Waals surface area contributed by atoms with Gasteiger partial charge in [-0.15, -0.1) is 6.58 Å². The van der Waals surface area contributed by atoms with E-state index < -0.39 is 18.3 Å². The Balaban J connectivity index is 3.74. The molecule has 0 unspecified atom stereocenters. The second kappa shape index (κ2) is 3.83. The van der Waals surface area contributed by atoms with Gasteiger partial charge in [-0.1, -0.05) is 17.7 Å². The molecule has 0 aliphatic carbocycles. The average Bonchev–Trinajstić information content (AvgIpc) is 1.84. The summed E-state index contributed by atoms with van der Waals surface area (Å²) in [4.78, 5) is 0. The zero-order valence-electron chi connectivity index (χ0n) is 4.99. The van der Waals surface area contributed by atoms with Crippen LogP contribution in [-0.4, -0.2) is 18.3 Å². The molecular formula is C5H6ClF3O. The van der Waals surface area contributed by atoms with E-state index in [9.17, 15) is 13.2 Å². The molecule has 1 atom stereocenters. The van der Waals surface area contributed by atoms with Crippen molar-refractivity contribution in [2.75, 3.05) is 6.61 Å². The summed E-state index contributed by atoms with van der Waals surface area (Å²) in [5.74, 6) is 0. The fraction of sp³-hybridized carbons (Fsp3) is 0.600. The lowest BCUT2D eigenvalue weighted by molar-refractivity contribution is -0.250. The van der Waals surface area contributed by atoms with Crippen LogP contribution in [0.3, 0.4) is 0 Å². The van der Waals surface area contributed by atoms with Crippen molar-refractivity contribution in [3.05, 3.63) is 12.7 Å². The third-order valence-electron chi connectivity index (χ3n) is 0.648. The minimum absolute atomic E-state index is 0.430. The first-order valence-corrected chi connectivity index (χ1v) is 2.85. The maximum atomic E-state index is 12.0. The Morgan fingerprint density at radius 2 is 2.20 bits per heavy atom. The number of alkyl halides is 4. The van der Waals surface area contributed by atoms with Gasteiger partial charge in [-0.2, -0.15) is 8.78 Å². The maximum Gasteiger partial charge on any atom is 0.401 e. The van der Waals surface area contributed by atoms with Crippen LogP contribution in [0.15, 0.2) is 12.7 Å². The molecule has 10 heavy (non-hydrogen) atoms. The molecule has 0 aromatic carbocycles. The van der Waals surface area contributed by atoms with Crippen molar-refractivity contribution in [3.63, 3.8) is 0 Å². The molecule has 0 radical (unpaired) electrons. The van der Waals surface area contributed by atoms with E-state index in [0.29, 0.717) is 0 Å². The first-order valence-electron chi connectivity index (χ1n) is 2.41. The van der Waals surface area contributed by atoms with E-state index in [2.05, 4.69) is 22.9 Å². The van der Waals surface area contributed by atoms with Gasteiger partial charge in [0.05, 0.1) is 6.61 Å². The van der Waals surface area contributed by atoms with Crippen LogP contribution in [0.25, 0.3) is 0 Å². The summed E-state index contributed by atoms with van der Waals surface area (Å²) in [5.41, 5.74) is -2.81. The molecular weight excluding hydrogens is 169 g/mol. The summed E-state index contributed by atoms with van der Waals surface area (Å²) in [6.45, 7) is 2.67. The van der Waals surface area contributed by atoms with E-state index >= 15 is 0 Å². The summed E-state index contributed by atoms with van der Waals surface area (Å²) < 4.78 is 39.3. The van der Waals surface area contributed by atoms with Crippen LogP contribution in [0, 0.1) is 0 Å². The summed E-state index contributed by atoms with van der Waals surface area (Å²) >= 11 is 4.43. The largest absolute Gasteiger partial charge is 0.401 e. The molecule has 0 bridgehead atoms. The van der Waals surface area contributed by atoms with Crippen LogP contribution in [-0.2, 0) is 4.74 Å². The lowest BCUT2D eigenvalue weighted by Crippen LogP contribution is -2.29. The van der Waals surface area contributed by atoms with Crippen molar-refractivity contribution in [2.45, 2.75) is 11.7 Å². The molecule has 60 valence electrons. The van der Waals surface area contributed by atoms with Gasteiger partial charge in [0, 0.05) is 0 Å². The second-order valence-electron chi connectivity index (χ2n) is 1.46. The Morgan fingerprint density at radius 3 is 2.50 bits per heavy atom. The van der Waals surface area contributed by atoms with Crippen molar-refractivity contribution in [1.82, 2.24) is 0 Å². The van der Waals surface area contributed by atoms with Crippen LogP contribution in [0.2, 0.25) is 0 Å². The Hall–Kier alpha value is -0.220. The molecule has 0 heterocycles. The second-order valence-corrected chi connectivity index (χ2v) is 1.85. The van der Waals surface area contributed by atoms with E-state index in [4.69, 9.17) is 0 Å². The van der Waals surface area contributed by atoms with E-state index in [0.717, 1.165) is 6.08 Å². The lowest BCUT2D eigenvalue weighted by atomic mass is 10.6. The van der Waals surface area contributed by atoms with Gasteiger partial charge >= 0.3 is 6.11 Å². The average molecular weight is 175 g/mol. The molecule has 0 amide bonds. The van der Waals surface area contributed by atoms with E-state index in [1.165, 1.54) is 0 Å². The van der Waals surface area contributed by atoms with Crippen LogP contribution in [0.5, 0.6) is 0 Å². The van der Waals surface area contributed by atoms with Gasteiger partial charge in [-0.3, -0.25) is 0 Å². The summed E-state index contributed by atoms with van der Waals surface area (Å²) in [6, 6.07) is 0. The fourth-order valence-corrected chi connectivity index (χ4v) is 0.296. The topological polar surface area (TPSA) is 9.23 Å². The highest BCUT2D eigenvalue weighted by molar-refractivity contribution is 6.20. The third kappa shape index (κ3) is 3.08. The Kier molecular flexibility index (Phi) is 3.75. The summed E-state index contributed by atoms with van der Waals surface area (Å²) in [6.07, 6.45) is -2.84. The van der Waals surface area contributed by atoms with Gasteiger partial charge in [0.1, 0.15) is 0 Å². The van der Waals surface area contributed by atoms with Gasteiger partial charge in [-0.05, 0) is 0 Å². The van der Waals surface area contributed by atoms with Gasteiger partial charge < -0.3 is 4.74 Å². The lowest BCUT2D eigenvalue weighted by Gasteiger charge is -2.14. The number of hydrogen-bond donors (Lipinski definition) is 0. The van der Waals surface area contributed by atoms with Crippen LogP contribution in [0.4, 0.5) is 13.2 Å². The highest BCUT2D eigenvalue weighted by Gasteiger charge is 2.39. The molecule has 0 fully saturated rings. The monoisotopic (exact) mass is 174 g/mol. The molecule has 0 aliphatic rings. The van der Waals surface area contributed by atoms with Crippen LogP contribution in [0.1, 0.15) is 0 Å². The Bertz CT molecular complexity index is 115. The molecule has 0 N–H and O–H groups in total. The quantitative estimate of drug-likeness (QED) is 0.470. The molecule has 1 nitrogen and oxygen atoms in total. The van der Waals surface area contributed by atoms with Crippen LogP contribution >= 0.6 is 11.6 Å². The first-order chi connectivity index (χ1) is 4.50. The molecule has 0 rings (SSSR count). The van der Waals surface area contributed by atoms with E-state index in [1.807, 2.05) is 0 Å². The van der Waals surface area contributed by atoms with Crippen LogP contribution < -0.4 is 0 Å². The van der Waals surface area contributed by atoms with Crippen molar-refractivity contribution in [1.29, 1.82) is 0 Å². The molecule has 0 aromatic heterocycles. The van der Waals surface area contributed by atoms with E-state index in [1.54, 1.807) is 0 Å². The number of hydrogen-bond acceptors (Lipinski definition) is 1. The van der Waals surface area contributed by atoms with Crippen molar-refractivity contribution in [3.8, 4) is 0 Å². The third-order valence-corrected chi connectivity index (χ3v) is 0.902. The first kappa shape index (κ1) is 9.78. The molecule has 0 aliphatic heterocycles. The standard InChI is InChI=1S/C5H6ClF3O/c1-2-3-10-5(8,9)4(6)7/h2,4H,1,3H2/t4-/m0/s1. The fourth-order valence-electron chi connectivity index (χ4n) is 0.233.